The molecule has 2 aromatic carbocycles. The third-order valence-corrected chi connectivity index (χ3v) is 3.56. The Hall–Kier alpha value is -1.68. The first-order valence-electron chi connectivity index (χ1n) is 5.74. The fraction of sp³-hybridized carbons (Fsp3) is 0.133. The molecule has 0 aromatic heterocycles. The van der Waals surface area contributed by atoms with Crippen molar-refractivity contribution in [2.75, 3.05) is 6.61 Å². The minimum atomic E-state index is -0.360. The number of hydrogen-bond acceptors (Lipinski definition) is 2. The molecule has 0 aliphatic heterocycles. The van der Waals surface area contributed by atoms with E-state index < -0.39 is 0 Å². The van der Waals surface area contributed by atoms with Crippen molar-refractivity contribution >= 4 is 21.7 Å². The minimum Gasteiger partial charge on any atom is -0.485 e. The Kier molecular flexibility index (Phi) is 4.32. The summed E-state index contributed by atoms with van der Waals surface area (Å²) < 4.78 is 19.2. The second-order valence-corrected chi connectivity index (χ2v) is 4.98. The van der Waals surface area contributed by atoms with Crippen molar-refractivity contribution in [2.45, 2.75) is 6.92 Å². The van der Waals surface area contributed by atoms with Crippen LogP contribution in [0.5, 0.6) is 5.75 Å². The first kappa shape index (κ1) is 13.7. The fourth-order valence-corrected chi connectivity index (χ4v) is 1.82. The zero-order valence-corrected chi connectivity index (χ0v) is 11.9. The van der Waals surface area contributed by atoms with E-state index in [1.54, 1.807) is 6.07 Å². The summed E-state index contributed by atoms with van der Waals surface area (Å²) in [6, 6.07) is 10.9. The van der Waals surface area contributed by atoms with Gasteiger partial charge >= 0.3 is 0 Å². The molecule has 19 heavy (non-hydrogen) atoms. The third-order valence-electron chi connectivity index (χ3n) is 2.67. The topological polar surface area (TPSA) is 26.3 Å². The average Bonchev–Trinajstić information content (AvgIpc) is 2.40. The van der Waals surface area contributed by atoms with E-state index in [1.165, 1.54) is 24.3 Å². The Morgan fingerprint density at radius 1 is 1.21 bits per heavy atom. The molecule has 0 saturated heterocycles. The van der Waals surface area contributed by atoms with Crippen LogP contribution in [-0.2, 0) is 0 Å². The van der Waals surface area contributed by atoms with Crippen molar-refractivity contribution in [3.05, 3.63) is 63.9 Å². The summed E-state index contributed by atoms with van der Waals surface area (Å²) in [4.78, 5) is 11.8. The maximum atomic E-state index is 12.7. The second-order valence-electron chi connectivity index (χ2n) is 4.13. The summed E-state index contributed by atoms with van der Waals surface area (Å²) in [5, 5.41) is 0. The minimum absolute atomic E-state index is 0.0628. The first-order chi connectivity index (χ1) is 9.06. The van der Waals surface area contributed by atoms with Crippen LogP contribution in [-0.4, -0.2) is 12.4 Å². The van der Waals surface area contributed by atoms with E-state index in [9.17, 15) is 9.18 Å². The molecule has 0 aliphatic rings. The molecule has 0 atom stereocenters. The molecule has 98 valence electrons. The highest BCUT2D eigenvalue weighted by molar-refractivity contribution is 9.10. The van der Waals surface area contributed by atoms with Crippen LogP contribution in [0.4, 0.5) is 4.39 Å². The highest BCUT2D eigenvalue weighted by atomic mass is 79.9. The van der Waals surface area contributed by atoms with Gasteiger partial charge in [0.2, 0.25) is 0 Å². The van der Waals surface area contributed by atoms with Gasteiger partial charge in [-0.25, -0.2) is 4.39 Å². The number of halogens is 2. The van der Waals surface area contributed by atoms with E-state index in [0.717, 1.165) is 10.0 Å². The Bertz CT molecular complexity index is 594. The van der Waals surface area contributed by atoms with Gasteiger partial charge in [0.05, 0.1) is 0 Å². The quantitative estimate of drug-likeness (QED) is 0.790. The Balaban J connectivity index is 2.00. The predicted molar refractivity (Wildman–Crippen MR) is 75.1 cm³/mol. The highest BCUT2D eigenvalue weighted by Crippen LogP contribution is 2.21. The molecule has 0 fully saturated rings. The van der Waals surface area contributed by atoms with Crippen LogP contribution in [0.25, 0.3) is 0 Å². The summed E-state index contributed by atoms with van der Waals surface area (Å²) >= 11 is 3.39. The molecule has 2 nitrogen and oxygen atoms in total. The van der Waals surface area contributed by atoms with Crippen molar-refractivity contribution < 1.29 is 13.9 Å². The maximum absolute atomic E-state index is 12.7. The summed E-state index contributed by atoms with van der Waals surface area (Å²) in [7, 11) is 0. The van der Waals surface area contributed by atoms with Crippen LogP contribution in [0.1, 0.15) is 15.9 Å². The number of carbonyl (C=O) groups excluding carboxylic acids is 1. The van der Waals surface area contributed by atoms with E-state index >= 15 is 0 Å². The number of rotatable bonds is 4. The van der Waals surface area contributed by atoms with E-state index in [1.807, 2.05) is 19.1 Å². The van der Waals surface area contributed by atoms with Crippen LogP contribution in [0.15, 0.2) is 46.9 Å². The molecule has 0 amide bonds. The largest absolute Gasteiger partial charge is 0.485 e. The summed E-state index contributed by atoms with van der Waals surface area (Å²) in [5.74, 6) is 0.0951. The van der Waals surface area contributed by atoms with Crippen LogP contribution in [0.2, 0.25) is 0 Å². The van der Waals surface area contributed by atoms with Crippen molar-refractivity contribution in [2.24, 2.45) is 0 Å². The normalized spacial score (nSPS) is 10.3. The lowest BCUT2D eigenvalue weighted by Gasteiger charge is -2.07. The zero-order chi connectivity index (χ0) is 13.8. The average molecular weight is 323 g/mol. The van der Waals surface area contributed by atoms with Gasteiger partial charge in [-0.15, -0.1) is 0 Å². The van der Waals surface area contributed by atoms with Crippen LogP contribution in [0.3, 0.4) is 0 Å². The van der Waals surface area contributed by atoms with Gasteiger partial charge in [0.15, 0.2) is 12.4 Å². The number of carbonyl (C=O) groups is 1. The lowest BCUT2D eigenvalue weighted by Crippen LogP contribution is -2.11. The van der Waals surface area contributed by atoms with Gasteiger partial charge in [-0.2, -0.15) is 0 Å². The van der Waals surface area contributed by atoms with Crippen molar-refractivity contribution in [3.8, 4) is 5.75 Å². The smallest absolute Gasteiger partial charge is 0.200 e. The molecule has 0 spiro atoms. The third kappa shape index (κ3) is 3.64. The summed E-state index contributed by atoms with van der Waals surface area (Å²) in [6.45, 7) is 1.88. The molecule has 0 heterocycles. The summed E-state index contributed by atoms with van der Waals surface area (Å²) in [6.07, 6.45) is 0. The Labute approximate surface area is 119 Å². The second kappa shape index (κ2) is 5.97. The predicted octanol–water partition coefficient (Wildman–Crippen LogP) is 4.16. The lowest BCUT2D eigenvalue weighted by molar-refractivity contribution is 0.0921. The number of ether oxygens (including phenoxy) is 1. The van der Waals surface area contributed by atoms with Crippen LogP contribution >= 0.6 is 15.9 Å². The van der Waals surface area contributed by atoms with E-state index in [4.69, 9.17) is 4.74 Å². The molecule has 0 N–H and O–H groups in total. The summed E-state index contributed by atoms with van der Waals surface area (Å²) in [5.41, 5.74) is 1.47. The molecule has 0 radical (unpaired) electrons. The van der Waals surface area contributed by atoms with E-state index in [2.05, 4.69) is 15.9 Å². The van der Waals surface area contributed by atoms with E-state index in [0.29, 0.717) is 11.3 Å². The van der Waals surface area contributed by atoms with Gasteiger partial charge in [0.1, 0.15) is 11.6 Å². The van der Waals surface area contributed by atoms with Crippen LogP contribution in [0, 0.1) is 12.7 Å². The number of ketones is 1. The fourth-order valence-electron chi connectivity index (χ4n) is 1.57. The number of hydrogen-bond donors (Lipinski definition) is 0. The Morgan fingerprint density at radius 2 is 1.89 bits per heavy atom. The van der Waals surface area contributed by atoms with Gasteiger partial charge in [-0.05, 0) is 55.0 Å². The molecule has 0 aliphatic carbocycles. The maximum Gasteiger partial charge on any atom is 0.200 e. The van der Waals surface area contributed by atoms with Crippen molar-refractivity contribution in [1.82, 2.24) is 0 Å². The SMILES string of the molecule is Cc1cc(OCC(=O)c2ccc(F)cc2)ccc1Br. The van der Waals surface area contributed by atoms with Crippen molar-refractivity contribution in [1.29, 1.82) is 0 Å². The lowest BCUT2D eigenvalue weighted by atomic mass is 10.1. The molecule has 0 saturated carbocycles. The first-order valence-corrected chi connectivity index (χ1v) is 6.53. The Morgan fingerprint density at radius 3 is 2.53 bits per heavy atom. The molecule has 2 aromatic rings. The van der Waals surface area contributed by atoms with Gasteiger partial charge in [0, 0.05) is 10.0 Å². The molecular formula is C15H12BrFO2. The van der Waals surface area contributed by atoms with E-state index in [-0.39, 0.29) is 18.2 Å². The van der Waals surface area contributed by atoms with Gasteiger partial charge in [0.25, 0.3) is 0 Å². The van der Waals surface area contributed by atoms with Crippen molar-refractivity contribution in [3.63, 3.8) is 0 Å². The van der Waals surface area contributed by atoms with Gasteiger partial charge in [-0.1, -0.05) is 15.9 Å². The number of Topliss-reactive ketones (excluding diaryl/α,β-unsaturated/α-hetero) is 1. The zero-order valence-electron chi connectivity index (χ0n) is 10.3. The molecule has 0 unspecified atom stereocenters. The highest BCUT2D eigenvalue weighted by Gasteiger charge is 2.07. The van der Waals surface area contributed by atoms with Gasteiger partial charge < -0.3 is 4.74 Å². The van der Waals surface area contributed by atoms with Crippen LogP contribution < -0.4 is 4.74 Å². The van der Waals surface area contributed by atoms with Gasteiger partial charge in [-0.3, -0.25) is 4.79 Å². The molecule has 2 rings (SSSR count). The monoisotopic (exact) mass is 322 g/mol. The number of benzene rings is 2. The standard InChI is InChI=1S/C15H12BrFO2/c1-10-8-13(6-7-14(10)16)19-9-15(18)11-2-4-12(17)5-3-11/h2-8H,9H2,1H3. The molecule has 4 heteroatoms. The molecule has 0 bridgehead atoms. The molecular weight excluding hydrogens is 311 g/mol. The number of aryl methyl sites for hydroxylation is 1.